The van der Waals surface area contributed by atoms with Crippen molar-refractivity contribution >= 4 is 12.0 Å². The number of rotatable bonds is 9. The Kier molecular flexibility index (Phi) is 7.89. The predicted molar refractivity (Wildman–Crippen MR) is 123 cm³/mol. The lowest BCUT2D eigenvalue weighted by molar-refractivity contribution is -0.139. The monoisotopic (exact) mass is 437 g/mol. The first-order valence-electron chi connectivity index (χ1n) is 10.8. The number of nitrogens with zero attached hydrogens (tertiary/aromatic N) is 1. The molecule has 1 heterocycles. The second kappa shape index (κ2) is 10.8. The minimum absolute atomic E-state index is 0.0566. The molecule has 3 rings (SSSR count). The maximum absolute atomic E-state index is 12.9. The minimum atomic E-state index is -0.615. The van der Waals surface area contributed by atoms with Crippen LogP contribution in [-0.2, 0) is 16.1 Å². The first-order valence-corrected chi connectivity index (χ1v) is 10.8. The van der Waals surface area contributed by atoms with Gasteiger partial charge >= 0.3 is 12.0 Å². The van der Waals surface area contributed by atoms with Crippen molar-refractivity contribution in [2.75, 3.05) is 20.2 Å². The molecule has 170 valence electrons. The molecule has 0 aliphatic carbocycles. The predicted octanol–water partition coefficient (Wildman–Crippen LogP) is 3.78. The SMILES string of the molecule is CCOC(=O)C1=C(CN(C)Cc2ccccc2)NC(=O)N[C@@H]1c1ccc(OC(C)C)cc1. The minimum Gasteiger partial charge on any atom is -0.491 e. The number of hydrogen-bond acceptors (Lipinski definition) is 5. The molecule has 2 aromatic carbocycles. The fraction of sp³-hybridized carbons (Fsp3) is 0.360. The Morgan fingerprint density at radius 3 is 2.38 bits per heavy atom. The quantitative estimate of drug-likeness (QED) is 0.584. The summed E-state index contributed by atoms with van der Waals surface area (Å²) in [7, 11) is 1.95. The fourth-order valence-electron chi connectivity index (χ4n) is 3.67. The summed E-state index contributed by atoms with van der Waals surface area (Å²) in [4.78, 5) is 27.5. The molecule has 1 aliphatic heterocycles. The van der Waals surface area contributed by atoms with E-state index >= 15 is 0 Å². The fourth-order valence-corrected chi connectivity index (χ4v) is 3.67. The van der Waals surface area contributed by atoms with Gasteiger partial charge in [-0.05, 0) is 51.1 Å². The van der Waals surface area contributed by atoms with Crippen LogP contribution in [0.25, 0.3) is 0 Å². The molecule has 0 saturated heterocycles. The van der Waals surface area contributed by atoms with Gasteiger partial charge in [0.1, 0.15) is 5.75 Å². The average molecular weight is 438 g/mol. The van der Waals surface area contributed by atoms with E-state index in [2.05, 4.69) is 10.6 Å². The van der Waals surface area contributed by atoms with E-state index < -0.39 is 12.0 Å². The van der Waals surface area contributed by atoms with Gasteiger partial charge in [0.05, 0.1) is 24.3 Å². The third kappa shape index (κ3) is 6.11. The summed E-state index contributed by atoms with van der Waals surface area (Å²) < 4.78 is 11.1. The maximum atomic E-state index is 12.9. The van der Waals surface area contributed by atoms with Gasteiger partial charge in [0.2, 0.25) is 0 Å². The van der Waals surface area contributed by atoms with E-state index in [0.717, 1.165) is 16.9 Å². The Balaban J connectivity index is 1.90. The number of carbonyl (C=O) groups is 2. The zero-order valence-electron chi connectivity index (χ0n) is 19.1. The molecular formula is C25H31N3O4. The normalized spacial score (nSPS) is 16.1. The summed E-state index contributed by atoms with van der Waals surface area (Å²) in [6.45, 7) is 7.00. The Hall–Kier alpha value is -3.32. The Bertz CT molecular complexity index is 955. The van der Waals surface area contributed by atoms with Crippen molar-refractivity contribution in [1.82, 2.24) is 15.5 Å². The third-order valence-corrected chi connectivity index (χ3v) is 4.96. The van der Waals surface area contributed by atoms with E-state index in [1.54, 1.807) is 6.92 Å². The molecule has 2 amide bonds. The van der Waals surface area contributed by atoms with Crippen LogP contribution in [0.5, 0.6) is 5.75 Å². The second-order valence-corrected chi connectivity index (χ2v) is 8.04. The third-order valence-electron chi connectivity index (χ3n) is 4.96. The molecule has 2 aromatic rings. The molecule has 0 spiro atoms. The van der Waals surface area contributed by atoms with Crippen molar-refractivity contribution in [3.05, 3.63) is 77.0 Å². The van der Waals surface area contributed by atoms with Gasteiger partial charge in [0.15, 0.2) is 0 Å². The zero-order chi connectivity index (χ0) is 23.1. The largest absolute Gasteiger partial charge is 0.491 e. The molecule has 7 heteroatoms. The Morgan fingerprint density at radius 2 is 1.75 bits per heavy atom. The van der Waals surface area contributed by atoms with Crippen LogP contribution in [0.15, 0.2) is 65.9 Å². The van der Waals surface area contributed by atoms with Crippen LogP contribution < -0.4 is 15.4 Å². The van der Waals surface area contributed by atoms with Gasteiger partial charge in [0.25, 0.3) is 0 Å². The van der Waals surface area contributed by atoms with Gasteiger partial charge in [-0.1, -0.05) is 42.5 Å². The standard InChI is InChI=1S/C25H31N3O4/c1-5-31-24(29)22-21(16-28(4)15-18-9-7-6-8-10-18)26-25(30)27-23(22)19-11-13-20(14-12-19)32-17(2)3/h6-14,17,23H,5,15-16H2,1-4H3,(H2,26,27,30)/t23-/m1/s1. The van der Waals surface area contributed by atoms with Gasteiger partial charge in [-0.25, -0.2) is 9.59 Å². The summed E-state index contributed by atoms with van der Waals surface area (Å²) in [6.07, 6.45) is 0.0566. The number of hydrogen-bond donors (Lipinski definition) is 2. The molecule has 2 N–H and O–H groups in total. The highest BCUT2D eigenvalue weighted by atomic mass is 16.5. The highest BCUT2D eigenvalue weighted by molar-refractivity contribution is 5.95. The summed E-state index contributed by atoms with van der Waals surface area (Å²) in [6, 6.07) is 16.5. The van der Waals surface area contributed by atoms with Gasteiger partial charge in [-0.15, -0.1) is 0 Å². The zero-order valence-corrected chi connectivity index (χ0v) is 19.1. The molecule has 0 saturated carbocycles. The molecule has 0 unspecified atom stereocenters. The van der Waals surface area contributed by atoms with Crippen LogP contribution >= 0.6 is 0 Å². The van der Waals surface area contributed by atoms with Crippen LogP contribution in [0.2, 0.25) is 0 Å². The lowest BCUT2D eigenvalue weighted by Crippen LogP contribution is -2.48. The van der Waals surface area contributed by atoms with Crippen LogP contribution in [0.1, 0.15) is 37.9 Å². The number of nitrogens with one attached hydrogen (secondary N) is 2. The van der Waals surface area contributed by atoms with Gasteiger partial charge < -0.3 is 20.1 Å². The van der Waals surface area contributed by atoms with Crippen LogP contribution in [0.3, 0.4) is 0 Å². The summed E-state index contributed by atoms with van der Waals surface area (Å²) in [5.74, 6) is 0.282. The van der Waals surface area contributed by atoms with Crippen LogP contribution in [0.4, 0.5) is 4.79 Å². The smallest absolute Gasteiger partial charge is 0.338 e. The van der Waals surface area contributed by atoms with Crippen molar-refractivity contribution in [3.8, 4) is 5.75 Å². The van der Waals surface area contributed by atoms with E-state index in [0.29, 0.717) is 24.4 Å². The first-order chi connectivity index (χ1) is 15.4. The maximum Gasteiger partial charge on any atom is 0.338 e. The molecule has 0 fully saturated rings. The van der Waals surface area contributed by atoms with Gasteiger partial charge in [-0.2, -0.15) is 0 Å². The summed E-state index contributed by atoms with van der Waals surface area (Å²) in [5, 5.41) is 5.69. The second-order valence-electron chi connectivity index (χ2n) is 8.04. The molecule has 0 aromatic heterocycles. The molecule has 32 heavy (non-hydrogen) atoms. The van der Waals surface area contributed by atoms with E-state index in [1.807, 2.05) is 80.4 Å². The molecule has 1 aliphatic rings. The Morgan fingerprint density at radius 1 is 1.06 bits per heavy atom. The van der Waals surface area contributed by atoms with E-state index in [1.165, 1.54) is 0 Å². The highest BCUT2D eigenvalue weighted by Crippen LogP contribution is 2.29. The summed E-state index contributed by atoms with van der Waals surface area (Å²) >= 11 is 0. The summed E-state index contributed by atoms with van der Waals surface area (Å²) in [5.41, 5.74) is 2.87. The van der Waals surface area contributed by atoms with Crippen molar-refractivity contribution in [1.29, 1.82) is 0 Å². The molecule has 0 radical (unpaired) electrons. The molecule has 1 atom stereocenters. The number of esters is 1. The van der Waals surface area contributed by atoms with Crippen molar-refractivity contribution < 1.29 is 19.1 Å². The Labute approximate surface area is 189 Å². The number of ether oxygens (including phenoxy) is 2. The van der Waals surface area contributed by atoms with Crippen LogP contribution in [-0.4, -0.2) is 43.2 Å². The van der Waals surface area contributed by atoms with Crippen molar-refractivity contribution in [3.63, 3.8) is 0 Å². The average Bonchev–Trinajstić information content (AvgIpc) is 2.74. The lowest BCUT2D eigenvalue weighted by atomic mass is 9.95. The first kappa shape index (κ1) is 23.3. The number of benzene rings is 2. The molecular weight excluding hydrogens is 406 g/mol. The lowest BCUT2D eigenvalue weighted by Gasteiger charge is -2.31. The number of amides is 2. The topological polar surface area (TPSA) is 79.9 Å². The number of urea groups is 1. The van der Waals surface area contributed by atoms with E-state index in [9.17, 15) is 9.59 Å². The number of likely N-dealkylation sites (N-methyl/N-ethyl adjacent to an activating group) is 1. The number of carbonyl (C=O) groups excluding carboxylic acids is 2. The van der Waals surface area contributed by atoms with Crippen molar-refractivity contribution in [2.24, 2.45) is 0 Å². The van der Waals surface area contributed by atoms with Crippen molar-refractivity contribution in [2.45, 2.75) is 39.5 Å². The van der Waals surface area contributed by atoms with E-state index in [4.69, 9.17) is 9.47 Å². The highest BCUT2D eigenvalue weighted by Gasteiger charge is 2.34. The van der Waals surface area contributed by atoms with Gasteiger partial charge in [-0.3, -0.25) is 4.90 Å². The van der Waals surface area contributed by atoms with Gasteiger partial charge in [0, 0.05) is 18.8 Å². The molecule has 7 nitrogen and oxygen atoms in total. The molecule has 0 bridgehead atoms. The van der Waals surface area contributed by atoms with E-state index in [-0.39, 0.29) is 18.7 Å². The van der Waals surface area contributed by atoms with Crippen LogP contribution in [0, 0.1) is 0 Å².